The number of rotatable bonds is 6. The van der Waals surface area contributed by atoms with Crippen molar-refractivity contribution < 1.29 is 8.42 Å². The Morgan fingerprint density at radius 1 is 1.23 bits per heavy atom. The van der Waals surface area contributed by atoms with Gasteiger partial charge in [0.25, 0.3) is 0 Å². The molecule has 7 heteroatoms. The third-order valence-electron chi connectivity index (χ3n) is 3.36. The van der Waals surface area contributed by atoms with Crippen molar-refractivity contribution >= 4 is 21.4 Å². The predicted octanol–water partition coefficient (Wildman–Crippen LogP) is 2.01. The molecule has 1 heterocycles. The highest BCUT2D eigenvalue weighted by Crippen LogP contribution is 2.17. The Bertz CT molecular complexity index is 735. The molecular formula is C15H22N4O2S. The van der Waals surface area contributed by atoms with Crippen LogP contribution in [-0.2, 0) is 16.6 Å². The number of hydrogen-bond acceptors (Lipinski definition) is 4. The number of hydrogen-bond donors (Lipinski definition) is 1. The third-order valence-corrected chi connectivity index (χ3v) is 3.97. The third kappa shape index (κ3) is 4.49. The van der Waals surface area contributed by atoms with Crippen LogP contribution in [0.1, 0.15) is 11.4 Å². The lowest BCUT2D eigenvalue weighted by Crippen LogP contribution is -2.23. The molecule has 0 radical (unpaired) electrons. The smallest absolute Gasteiger partial charge is 0.229 e. The molecule has 0 atom stereocenters. The van der Waals surface area contributed by atoms with Gasteiger partial charge in [0.2, 0.25) is 10.0 Å². The van der Waals surface area contributed by atoms with Crippen molar-refractivity contribution in [1.82, 2.24) is 9.78 Å². The summed E-state index contributed by atoms with van der Waals surface area (Å²) in [6.07, 6.45) is 1.14. The summed E-state index contributed by atoms with van der Waals surface area (Å²) >= 11 is 0. The van der Waals surface area contributed by atoms with Gasteiger partial charge in [0.15, 0.2) is 0 Å². The molecule has 0 aliphatic carbocycles. The first-order valence-electron chi connectivity index (χ1n) is 7.04. The molecule has 2 rings (SSSR count). The van der Waals surface area contributed by atoms with E-state index in [1.54, 1.807) is 12.1 Å². The number of anilines is 2. The second-order valence-corrected chi connectivity index (χ2v) is 7.24. The molecule has 1 aromatic carbocycles. The quantitative estimate of drug-likeness (QED) is 0.883. The Morgan fingerprint density at radius 3 is 2.36 bits per heavy atom. The second kappa shape index (κ2) is 6.39. The molecule has 0 bridgehead atoms. The van der Waals surface area contributed by atoms with Crippen molar-refractivity contribution in [3.8, 4) is 0 Å². The van der Waals surface area contributed by atoms with Crippen molar-refractivity contribution in [3.63, 3.8) is 0 Å². The van der Waals surface area contributed by atoms with E-state index in [1.165, 1.54) is 0 Å². The molecule has 22 heavy (non-hydrogen) atoms. The summed E-state index contributed by atoms with van der Waals surface area (Å²) in [5.74, 6) is 0. The zero-order valence-electron chi connectivity index (χ0n) is 13.4. The fraction of sp³-hybridized carbons (Fsp3) is 0.400. The molecule has 0 aliphatic heterocycles. The molecule has 0 unspecified atom stereocenters. The number of aromatic nitrogens is 2. The predicted molar refractivity (Wildman–Crippen MR) is 89.9 cm³/mol. The first kappa shape index (κ1) is 16.4. The molecular weight excluding hydrogens is 300 g/mol. The van der Waals surface area contributed by atoms with Crippen molar-refractivity contribution in [2.75, 3.05) is 29.5 Å². The first-order chi connectivity index (χ1) is 10.2. The van der Waals surface area contributed by atoms with Crippen LogP contribution in [0.3, 0.4) is 0 Å². The van der Waals surface area contributed by atoms with Gasteiger partial charge in [-0.3, -0.25) is 9.40 Å². The summed E-state index contributed by atoms with van der Waals surface area (Å²) in [7, 11) is -1.23. The average Bonchev–Trinajstić information content (AvgIpc) is 2.73. The summed E-state index contributed by atoms with van der Waals surface area (Å²) in [6, 6.07) is 9.38. The average molecular weight is 322 g/mol. The lowest BCUT2D eigenvalue weighted by atomic mass is 10.2. The minimum atomic E-state index is -3.23. The van der Waals surface area contributed by atoms with E-state index >= 15 is 0 Å². The fourth-order valence-electron chi connectivity index (χ4n) is 2.27. The number of aryl methyl sites for hydroxylation is 2. The van der Waals surface area contributed by atoms with E-state index in [1.807, 2.05) is 37.7 Å². The van der Waals surface area contributed by atoms with Gasteiger partial charge in [-0.2, -0.15) is 5.10 Å². The fourth-order valence-corrected chi connectivity index (χ4v) is 2.84. The molecule has 0 aliphatic rings. The minimum Gasteiger partial charge on any atom is -0.373 e. The highest BCUT2D eigenvalue weighted by atomic mass is 32.2. The van der Waals surface area contributed by atoms with Crippen LogP contribution in [0.4, 0.5) is 11.4 Å². The van der Waals surface area contributed by atoms with E-state index < -0.39 is 10.0 Å². The lowest BCUT2D eigenvalue weighted by molar-refractivity contribution is 0.592. The number of nitrogens with zero attached hydrogens (tertiary/aromatic N) is 3. The molecule has 0 spiro atoms. The molecule has 0 fully saturated rings. The van der Waals surface area contributed by atoms with Gasteiger partial charge in [0.05, 0.1) is 18.5 Å². The van der Waals surface area contributed by atoms with Gasteiger partial charge < -0.3 is 4.90 Å². The molecule has 0 amide bonds. The van der Waals surface area contributed by atoms with Gasteiger partial charge >= 0.3 is 0 Å². The standard InChI is InChI=1S/C15H22N4O2S/c1-12-11-13(2)19(16-12)10-9-18(3)15-7-5-14(6-8-15)17-22(4,20)21/h5-8,11,17H,9-10H2,1-4H3. The van der Waals surface area contributed by atoms with Crippen LogP contribution >= 0.6 is 0 Å². The summed E-state index contributed by atoms with van der Waals surface area (Å²) in [4.78, 5) is 2.11. The molecule has 0 saturated carbocycles. The second-order valence-electron chi connectivity index (χ2n) is 5.49. The van der Waals surface area contributed by atoms with Gasteiger partial charge in [-0.1, -0.05) is 0 Å². The van der Waals surface area contributed by atoms with E-state index in [-0.39, 0.29) is 0 Å². The Balaban J connectivity index is 1.98. The number of likely N-dealkylation sites (N-methyl/N-ethyl adjacent to an activating group) is 1. The van der Waals surface area contributed by atoms with Crippen LogP contribution in [0.15, 0.2) is 30.3 Å². The van der Waals surface area contributed by atoms with Gasteiger partial charge in [-0.15, -0.1) is 0 Å². The van der Waals surface area contributed by atoms with Crippen molar-refractivity contribution in [3.05, 3.63) is 41.7 Å². The van der Waals surface area contributed by atoms with Crippen molar-refractivity contribution in [2.24, 2.45) is 0 Å². The molecule has 6 nitrogen and oxygen atoms in total. The van der Waals surface area contributed by atoms with Gasteiger partial charge in [0.1, 0.15) is 0 Å². The van der Waals surface area contributed by atoms with Crippen LogP contribution in [-0.4, -0.2) is 38.0 Å². The molecule has 1 N–H and O–H groups in total. The number of sulfonamides is 1. The zero-order chi connectivity index (χ0) is 16.3. The van der Waals surface area contributed by atoms with Crippen LogP contribution in [0.5, 0.6) is 0 Å². The van der Waals surface area contributed by atoms with Crippen LogP contribution in [0.25, 0.3) is 0 Å². The van der Waals surface area contributed by atoms with Crippen LogP contribution < -0.4 is 9.62 Å². The van der Waals surface area contributed by atoms with E-state index in [9.17, 15) is 8.42 Å². The number of benzene rings is 1. The largest absolute Gasteiger partial charge is 0.373 e. The maximum Gasteiger partial charge on any atom is 0.229 e. The Hall–Kier alpha value is -2.02. The van der Waals surface area contributed by atoms with Crippen LogP contribution in [0, 0.1) is 13.8 Å². The monoisotopic (exact) mass is 322 g/mol. The molecule has 120 valence electrons. The van der Waals surface area contributed by atoms with E-state index in [2.05, 4.69) is 20.8 Å². The summed E-state index contributed by atoms with van der Waals surface area (Å²) in [6.45, 7) is 5.66. The highest BCUT2D eigenvalue weighted by Gasteiger charge is 2.06. The van der Waals surface area contributed by atoms with E-state index in [4.69, 9.17) is 0 Å². The van der Waals surface area contributed by atoms with E-state index in [0.29, 0.717) is 5.69 Å². The lowest BCUT2D eigenvalue weighted by Gasteiger charge is -2.20. The Kier molecular flexibility index (Phi) is 4.75. The summed E-state index contributed by atoms with van der Waals surface area (Å²) in [5.41, 5.74) is 3.77. The summed E-state index contributed by atoms with van der Waals surface area (Å²) < 4.78 is 26.8. The minimum absolute atomic E-state index is 0.568. The van der Waals surface area contributed by atoms with Crippen molar-refractivity contribution in [2.45, 2.75) is 20.4 Å². The molecule has 0 saturated heterocycles. The van der Waals surface area contributed by atoms with Gasteiger partial charge in [0, 0.05) is 30.7 Å². The van der Waals surface area contributed by atoms with Crippen molar-refractivity contribution in [1.29, 1.82) is 0 Å². The first-order valence-corrected chi connectivity index (χ1v) is 8.94. The molecule has 1 aromatic heterocycles. The van der Waals surface area contributed by atoms with Gasteiger partial charge in [-0.25, -0.2) is 8.42 Å². The Labute approximate surface area is 131 Å². The SMILES string of the molecule is Cc1cc(C)n(CCN(C)c2ccc(NS(C)(=O)=O)cc2)n1. The van der Waals surface area contributed by atoms with E-state index in [0.717, 1.165) is 36.4 Å². The normalized spacial score (nSPS) is 11.5. The number of nitrogens with one attached hydrogen (secondary N) is 1. The topological polar surface area (TPSA) is 67.2 Å². The summed E-state index contributed by atoms with van der Waals surface area (Å²) in [5, 5.41) is 4.44. The van der Waals surface area contributed by atoms with Crippen LogP contribution in [0.2, 0.25) is 0 Å². The zero-order valence-corrected chi connectivity index (χ0v) is 14.2. The maximum absolute atomic E-state index is 11.2. The van der Waals surface area contributed by atoms with Gasteiger partial charge in [-0.05, 0) is 44.2 Å². The maximum atomic E-state index is 11.2. The molecule has 2 aromatic rings. The highest BCUT2D eigenvalue weighted by molar-refractivity contribution is 7.92. The Morgan fingerprint density at radius 2 is 1.86 bits per heavy atom.